The normalized spacial score (nSPS) is 17.0. The molecule has 0 spiro atoms. The van der Waals surface area contributed by atoms with E-state index in [-0.39, 0.29) is 41.8 Å². The molecule has 1 saturated heterocycles. The van der Waals surface area contributed by atoms with E-state index < -0.39 is 16.0 Å². The second-order valence-corrected chi connectivity index (χ2v) is 10.1. The largest absolute Gasteiger partial charge is 0.462 e. The SMILES string of the molecule is O=C(OCCCN1C(=O)c2ccccc2C1=O)c1cccc(S(=O)(=O)N2CCCCCC2)c1. The van der Waals surface area contributed by atoms with Gasteiger partial charge in [0, 0.05) is 19.6 Å². The first kappa shape index (κ1) is 23.1. The van der Waals surface area contributed by atoms with E-state index in [1.807, 2.05) is 0 Å². The Bertz CT molecular complexity index is 1130. The van der Waals surface area contributed by atoms with Crippen LogP contribution in [0.4, 0.5) is 0 Å². The number of carbonyl (C=O) groups is 3. The maximum Gasteiger partial charge on any atom is 0.338 e. The monoisotopic (exact) mass is 470 g/mol. The number of esters is 1. The summed E-state index contributed by atoms with van der Waals surface area (Å²) in [5.41, 5.74) is 0.899. The van der Waals surface area contributed by atoms with Gasteiger partial charge in [-0.05, 0) is 49.6 Å². The van der Waals surface area contributed by atoms with E-state index in [9.17, 15) is 22.8 Å². The standard InChI is InChI=1S/C24H26N2O6S/c27-22-20-11-3-4-12-21(20)23(28)26(22)15-8-16-32-24(29)18-9-7-10-19(17-18)33(30,31)25-13-5-1-2-6-14-25/h3-4,7,9-12,17H,1-2,5-6,8,13-16H2. The maximum absolute atomic E-state index is 13.0. The van der Waals surface area contributed by atoms with Crippen LogP contribution in [0.2, 0.25) is 0 Å². The van der Waals surface area contributed by atoms with Crippen LogP contribution in [0.25, 0.3) is 0 Å². The van der Waals surface area contributed by atoms with Crippen LogP contribution >= 0.6 is 0 Å². The Labute approximate surface area is 193 Å². The first-order valence-corrected chi connectivity index (χ1v) is 12.6. The van der Waals surface area contributed by atoms with Gasteiger partial charge < -0.3 is 4.74 Å². The van der Waals surface area contributed by atoms with Gasteiger partial charge in [0.25, 0.3) is 11.8 Å². The lowest BCUT2D eigenvalue weighted by Gasteiger charge is -2.20. The molecule has 1 fully saturated rings. The van der Waals surface area contributed by atoms with Crippen LogP contribution < -0.4 is 0 Å². The molecular weight excluding hydrogens is 444 g/mol. The number of hydrogen-bond acceptors (Lipinski definition) is 6. The van der Waals surface area contributed by atoms with Gasteiger partial charge in [0.1, 0.15) is 0 Å². The molecule has 174 valence electrons. The summed E-state index contributed by atoms with van der Waals surface area (Å²) in [7, 11) is -3.67. The summed E-state index contributed by atoms with van der Waals surface area (Å²) in [4.78, 5) is 38.5. The van der Waals surface area contributed by atoms with Crippen molar-refractivity contribution in [1.82, 2.24) is 9.21 Å². The Hall–Kier alpha value is -3.04. The number of rotatable bonds is 7. The molecule has 2 aromatic carbocycles. The zero-order valence-corrected chi connectivity index (χ0v) is 19.1. The molecule has 2 amide bonds. The van der Waals surface area contributed by atoms with Crippen molar-refractivity contribution >= 4 is 27.8 Å². The van der Waals surface area contributed by atoms with Crippen LogP contribution in [0.1, 0.15) is 63.2 Å². The molecule has 2 aromatic rings. The fourth-order valence-corrected chi connectivity index (χ4v) is 5.69. The van der Waals surface area contributed by atoms with Crippen LogP contribution in [0.5, 0.6) is 0 Å². The molecule has 0 saturated carbocycles. The minimum atomic E-state index is -3.67. The second-order valence-electron chi connectivity index (χ2n) is 8.14. The predicted molar refractivity (Wildman–Crippen MR) is 120 cm³/mol. The van der Waals surface area contributed by atoms with E-state index in [2.05, 4.69) is 0 Å². The number of ether oxygens (including phenoxy) is 1. The fourth-order valence-electron chi connectivity index (χ4n) is 4.13. The van der Waals surface area contributed by atoms with E-state index >= 15 is 0 Å². The third-order valence-corrected chi connectivity index (χ3v) is 7.80. The number of nitrogens with zero attached hydrogens (tertiary/aromatic N) is 2. The fraction of sp³-hybridized carbons (Fsp3) is 0.375. The summed E-state index contributed by atoms with van der Waals surface area (Å²) in [6, 6.07) is 12.5. The molecule has 0 aromatic heterocycles. The molecule has 9 heteroatoms. The summed E-state index contributed by atoms with van der Waals surface area (Å²) in [6.07, 6.45) is 3.96. The van der Waals surface area contributed by atoms with Crippen LogP contribution in [0.15, 0.2) is 53.4 Å². The van der Waals surface area contributed by atoms with Gasteiger partial charge in [-0.15, -0.1) is 0 Å². The van der Waals surface area contributed by atoms with Crippen LogP contribution in [-0.2, 0) is 14.8 Å². The topological polar surface area (TPSA) is 101 Å². The highest BCUT2D eigenvalue weighted by Crippen LogP contribution is 2.23. The molecule has 2 aliphatic rings. The van der Waals surface area contributed by atoms with Crippen LogP contribution in [0, 0.1) is 0 Å². The number of hydrogen-bond donors (Lipinski definition) is 0. The first-order chi connectivity index (χ1) is 15.9. The van der Waals surface area contributed by atoms with Crippen molar-refractivity contribution in [2.24, 2.45) is 0 Å². The van der Waals surface area contributed by atoms with Crippen molar-refractivity contribution in [3.63, 3.8) is 0 Å². The van der Waals surface area contributed by atoms with Crippen molar-refractivity contribution < 1.29 is 27.5 Å². The molecule has 2 aliphatic heterocycles. The minimum Gasteiger partial charge on any atom is -0.462 e. The van der Waals surface area contributed by atoms with Crippen molar-refractivity contribution in [3.05, 3.63) is 65.2 Å². The Balaban J connectivity index is 1.33. The van der Waals surface area contributed by atoms with E-state index in [1.54, 1.807) is 24.3 Å². The molecule has 0 N–H and O–H groups in total. The van der Waals surface area contributed by atoms with E-state index in [0.717, 1.165) is 30.6 Å². The molecule has 0 atom stereocenters. The van der Waals surface area contributed by atoms with Crippen LogP contribution in [-0.4, -0.2) is 61.6 Å². The molecule has 33 heavy (non-hydrogen) atoms. The Morgan fingerprint density at radius 1 is 0.879 bits per heavy atom. The smallest absolute Gasteiger partial charge is 0.338 e. The van der Waals surface area contributed by atoms with Crippen molar-refractivity contribution in [1.29, 1.82) is 0 Å². The molecule has 0 bridgehead atoms. The lowest BCUT2D eigenvalue weighted by molar-refractivity contribution is 0.0482. The summed E-state index contributed by atoms with van der Waals surface area (Å²) in [5.74, 6) is -1.35. The number of carbonyl (C=O) groups excluding carboxylic acids is 3. The van der Waals surface area contributed by atoms with Gasteiger partial charge in [0.15, 0.2) is 0 Å². The molecule has 0 unspecified atom stereocenters. The van der Waals surface area contributed by atoms with Crippen molar-refractivity contribution in [2.75, 3.05) is 26.2 Å². The highest BCUT2D eigenvalue weighted by Gasteiger charge is 2.34. The average Bonchev–Trinajstić information content (AvgIpc) is 3.02. The molecule has 8 nitrogen and oxygen atoms in total. The number of fused-ring (bicyclic) bond motifs is 1. The van der Waals surface area contributed by atoms with Crippen molar-refractivity contribution in [3.8, 4) is 0 Å². The Morgan fingerprint density at radius 3 is 2.15 bits per heavy atom. The molecular formula is C24H26N2O6S. The van der Waals surface area contributed by atoms with E-state index in [1.165, 1.54) is 28.6 Å². The lowest BCUT2D eigenvalue weighted by atomic mass is 10.1. The zero-order valence-electron chi connectivity index (χ0n) is 18.2. The van der Waals surface area contributed by atoms with Gasteiger partial charge in [0.05, 0.1) is 28.2 Å². The molecule has 4 rings (SSSR count). The molecule has 2 heterocycles. The molecule has 0 radical (unpaired) electrons. The zero-order chi connectivity index (χ0) is 23.4. The number of sulfonamides is 1. The van der Waals surface area contributed by atoms with Gasteiger partial charge in [-0.2, -0.15) is 4.31 Å². The summed E-state index contributed by atoms with van der Waals surface area (Å²) in [5, 5.41) is 0. The summed E-state index contributed by atoms with van der Waals surface area (Å²) in [6.45, 7) is 1.09. The number of benzene rings is 2. The maximum atomic E-state index is 13.0. The van der Waals surface area contributed by atoms with Gasteiger partial charge >= 0.3 is 5.97 Å². The quantitative estimate of drug-likeness (QED) is 0.350. The highest BCUT2D eigenvalue weighted by molar-refractivity contribution is 7.89. The average molecular weight is 471 g/mol. The number of amides is 2. The minimum absolute atomic E-state index is 0.00462. The predicted octanol–water partition coefficient (Wildman–Crippen LogP) is 3.09. The summed E-state index contributed by atoms with van der Waals surface area (Å²) < 4.78 is 32.7. The Morgan fingerprint density at radius 2 is 1.52 bits per heavy atom. The van der Waals surface area contributed by atoms with E-state index in [4.69, 9.17) is 4.74 Å². The third-order valence-electron chi connectivity index (χ3n) is 5.91. The van der Waals surface area contributed by atoms with Gasteiger partial charge in [-0.3, -0.25) is 14.5 Å². The number of imide groups is 1. The third kappa shape index (κ3) is 4.84. The van der Waals surface area contributed by atoms with Gasteiger partial charge in [0.2, 0.25) is 10.0 Å². The Kier molecular flexibility index (Phi) is 6.90. The van der Waals surface area contributed by atoms with Gasteiger partial charge in [-0.25, -0.2) is 13.2 Å². The van der Waals surface area contributed by atoms with Gasteiger partial charge in [-0.1, -0.05) is 31.0 Å². The van der Waals surface area contributed by atoms with Crippen molar-refractivity contribution in [2.45, 2.75) is 37.0 Å². The van der Waals surface area contributed by atoms with E-state index in [0.29, 0.717) is 24.2 Å². The second kappa shape index (κ2) is 9.84. The molecule has 0 aliphatic carbocycles. The van der Waals surface area contributed by atoms with Crippen LogP contribution in [0.3, 0.4) is 0 Å². The first-order valence-electron chi connectivity index (χ1n) is 11.1. The highest BCUT2D eigenvalue weighted by atomic mass is 32.2. The summed E-state index contributed by atoms with van der Waals surface area (Å²) >= 11 is 0. The lowest BCUT2D eigenvalue weighted by Crippen LogP contribution is -2.32.